The van der Waals surface area contributed by atoms with Crippen LogP contribution in [0.5, 0.6) is 0 Å². The van der Waals surface area contributed by atoms with Gasteiger partial charge in [0.1, 0.15) is 6.23 Å². The summed E-state index contributed by atoms with van der Waals surface area (Å²) in [5, 5.41) is 41.7. The normalized spacial score (nSPS) is 18.5. The molecule has 1 aliphatic rings. The second-order valence-corrected chi connectivity index (χ2v) is 9.36. The summed E-state index contributed by atoms with van der Waals surface area (Å²) in [6.07, 6.45) is -2.50. The third-order valence-electron chi connectivity index (χ3n) is 5.93. The fraction of sp³-hybridized carbons (Fsp3) is 0.500. The van der Waals surface area contributed by atoms with Crippen LogP contribution in [-0.2, 0) is 16.0 Å². The maximum absolute atomic E-state index is 13.0. The third-order valence-corrected chi connectivity index (χ3v) is 6.87. The number of aliphatic hydroxyl groups is 3. The molecule has 1 aromatic carbocycles. The molecule has 186 valence electrons. The number of nitrogens with one attached hydrogen (secondary N) is 3. The molecule has 0 bridgehead atoms. The smallest absolute Gasteiger partial charge is 0.255 e. The molecule has 1 aliphatic heterocycles. The number of thiophene rings is 1. The summed E-state index contributed by atoms with van der Waals surface area (Å²) >= 11 is 1.57. The fourth-order valence-electron chi connectivity index (χ4n) is 4.08. The molecular formula is C24H34N4O5S. The van der Waals surface area contributed by atoms with Gasteiger partial charge < -0.3 is 30.9 Å². The van der Waals surface area contributed by atoms with E-state index in [2.05, 4.69) is 16.0 Å². The lowest BCUT2D eigenvalue weighted by atomic mass is 10.0. The van der Waals surface area contributed by atoms with Crippen LogP contribution in [0, 0.1) is 0 Å². The Bertz CT molecular complexity index is 926. The Morgan fingerprint density at radius 3 is 2.68 bits per heavy atom. The Morgan fingerprint density at radius 1 is 1.12 bits per heavy atom. The van der Waals surface area contributed by atoms with E-state index in [9.17, 15) is 24.9 Å². The Balaban J connectivity index is 1.59. The molecule has 6 N–H and O–H groups in total. The first-order valence-electron chi connectivity index (χ1n) is 11.5. The number of carbonyl (C=O) groups is 2. The quantitative estimate of drug-likeness (QED) is 0.186. The van der Waals surface area contributed by atoms with E-state index in [0.717, 1.165) is 16.9 Å². The van der Waals surface area contributed by atoms with Gasteiger partial charge >= 0.3 is 0 Å². The summed E-state index contributed by atoms with van der Waals surface area (Å²) < 4.78 is 0. The summed E-state index contributed by atoms with van der Waals surface area (Å²) in [6, 6.07) is 10.9. The van der Waals surface area contributed by atoms with Gasteiger partial charge in [-0.05, 0) is 54.9 Å². The zero-order valence-electron chi connectivity index (χ0n) is 19.3. The van der Waals surface area contributed by atoms with E-state index in [0.29, 0.717) is 44.6 Å². The molecule has 4 atom stereocenters. The maximum Gasteiger partial charge on any atom is 0.255 e. The highest BCUT2D eigenvalue weighted by Crippen LogP contribution is 2.33. The molecule has 0 spiro atoms. The van der Waals surface area contributed by atoms with E-state index in [-0.39, 0.29) is 6.04 Å². The summed E-state index contributed by atoms with van der Waals surface area (Å²) in [4.78, 5) is 27.9. The van der Waals surface area contributed by atoms with Crippen LogP contribution in [0.2, 0.25) is 0 Å². The van der Waals surface area contributed by atoms with Crippen LogP contribution in [-0.4, -0.2) is 77.5 Å². The first-order chi connectivity index (χ1) is 16.4. The summed E-state index contributed by atoms with van der Waals surface area (Å²) in [6.45, 7) is 2.03. The van der Waals surface area contributed by atoms with Gasteiger partial charge in [0, 0.05) is 31.1 Å². The van der Waals surface area contributed by atoms with Crippen LogP contribution in [0.4, 0.5) is 0 Å². The van der Waals surface area contributed by atoms with Crippen molar-refractivity contribution in [2.45, 2.75) is 43.7 Å². The lowest BCUT2D eigenvalue weighted by Crippen LogP contribution is -2.50. The van der Waals surface area contributed by atoms with E-state index in [1.807, 2.05) is 42.8 Å². The van der Waals surface area contributed by atoms with Crippen molar-refractivity contribution < 1.29 is 24.9 Å². The molecule has 1 aromatic heterocycles. The minimum absolute atomic E-state index is 0.305. The van der Waals surface area contributed by atoms with E-state index in [4.69, 9.17) is 0 Å². The van der Waals surface area contributed by atoms with Crippen LogP contribution in [0.25, 0.3) is 0 Å². The lowest BCUT2D eigenvalue weighted by Gasteiger charge is -2.29. The van der Waals surface area contributed by atoms with Gasteiger partial charge in [0.2, 0.25) is 0 Å². The zero-order valence-corrected chi connectivity index (χ0v) is 20.1. The minimum Gasteiger partial charge on any atom is -0.380 e. The molecular weight excluding hydrogens is 456 g/mol. The summed E-state index contributed by atoms with van der Waals surface area (Å²) in [7, 11) is 1.83. The molecule has 1 saturated heterocycles. The second kappa shape index (κ2) is 12.9. The molecule has 10 heteroatoms. The highest BCUT2D eigenvalue weighted by atomic mass is 32.1. The van der Waals surface area contributed by atoms with Crippen molar-refractivity contribution in [1.29, 1.82) is 0 Å². The largest absolute Gasteiger partial charge is 0.380 e. The van der Waals surface area contributed by atoms with Crippen molar-refractivity contribution >= 4 is 23.2 Å². The number of aliphatic hydroxyl groups excluding tert-OH is 3. The van der Waals surface area contributed by atoms with Crippen LogP contribution >= 0.6 is 11.3 Å². The molecule has 1 fully saturated rings. The SMILES string of the molecule is CNCCNC(O)c1cccc(C2CCCN2C(=O)[C@H](O)[C@@H](O)C(=O)NCCc2cccs2)c1. The molecule has 2 heterocycles. The molecule has 2 amide bonds. The Kier molecular flexibility index (Phi) is 10.00. The van der Waals surface area contributed by atoms with Crippen molar-refractivity contribution in [2.75, 3.05) is 33.2 Å². The molecule has 2 unspecified atom stereocenters. The first-order valence-corrected chi connectivity index (χ1v) is 12.4. The van der Waals surface area contributed by atoms with Gasteiger partial charge in [0.05, 0.1) is 6.04 Å². The number of hydrogen-bond acceptors (Lipinski definition) is 8. The minimum atomic E-state index is -1.85. The number of likely N-dealkylation sites (N-methyl/N-ethyl adjacent to an activating group) is 1. The second-order valence-electron chi connectivity index (χ2n) is 8.33. The van der Waals surface area contributed by atoms with E-state index in [1.165, 1.54) is 4.90 Å². The fourth-order valence-corrected chi connectivity index (χ4v) is 4.79. The van der Waals surface area contributed by atoms with Gasteiger partial charge in [0.15, 0.2) is 12.2 Å². The maximum atomic E-state index is 13.0. The van der Waals surface area contributed by atoms with Gasteiger partial charge in [-0.15, -0.1) is 11.3 Å². The average molecular weight is 491 g/mol. The number of benzene rings is 1. The molecule has 0 saturated carbocycles. The molecule has 34 heavy (non-hydrogen) atoms. The first kappa shape index (κ1) is 26.3. The molecule has 0 aliphatic carbocycles. The van der Waals surface area contributed by atoms with Crippen molar-refractivity contribution in [3.8, 4) is 0 Å². The number of carbonyl (C=O) groups excluding carboxylic acids is 2. The Hall–Kier alpha value is -2.34. The summed E-state index contributed by atoms with van der Waals surface area (Å²) in [5.41, 5.74) is 1.51. The highest BCUT2D eigenvalue weighted by molar-refractivity contribution is 7.09. The number of hydrogen-bond donors (Lipinski definition) is 6. The Morgan fingerprint density at radius 2 is 1.94 bits per heavy atom. The molecule has 2 aromatic rings. The van der Waals surface area contributed by atoms with Gasteiger partial charge in [-0.2, -0.15) is 0 Å². The molecule has 3 rings (SSSR count). The van der Waals surface area contributed by atoms with Gasteiger partial charge in [0.25, 0.3) is 11.8 Å². The van der Waals surface area contributed by atoms with Crippen LogP contribution in [0.15, 0.2) is 41.8 Å². The van der Waals surface area contributed by atoms with E-state index in [1.54, 1.807) is 17.4 Å². The van der Waals surface area contributed by atoms with Gasteiger partial charge in [-0.25, -0.2) is 0 Å². The van der Waals surface area contributed by atoms with Crippen molar-refractivity contribution in [1.82, 2.24) is 20.9 Å². The molecule has 0 radical (unpaired) electrons. The molecule has 9 nitrogen and oxygen atoms in total. The number of nitrogens with zero attached hydrogens (tertiary/aromatic N) is 1. The topological polar surface area (TPSA) is 134 Å². The predicted molar refractivity (Wildman–Crippen MR) is 130 cm³/mol. The van der Waals surface area contributed by atoms with Crippen LogP contribution in [0.3, 0.4) is 0 Å². The van der Waals surface area contributed by atoms with Crippen LogP contribution < -0.4 is 16.0 Å². The van der Waals surface area contributed by atoms with Crippen molar-refractivity contribution in [3.05, 3.63) is 57.8 Å². The average Bonchev–Trinajstić information content (AvgIpc) is 3.55. The van der Waals surface area contributed by atoms with Crippen molar-refractivity contribution in [3.63, 3.8) is 0 Å². The monoisotopic (exact) mass is 490 g/mol. The predicted octanol–water partition coefficient (Wildman–Crippen LogP) is 0.292. The number of amides is 2. The third kappa shape index (κ3) is 6.84. The van der Waals surface area contributed by atoms with Gasteiger partial charge in [-0.3, -0.25) is 14.9 Å². The van der Waals surface area contributed by atoms with E-state index < -0.39 is 30.3 Å². The number of rotatable bonds is 12. The van der Waals surface area contributed by atoms with Crippen molar-refractivity contribution in [2.24, 2.45) is 0 Å². The zero-order chi connectivity index (χ0) is 24.5. The van der Waals surface area contributed by atoms with Gasteiger partial charge in [-0.1, -0.05) is 24.3 Å². The summed E-state index contributed by atoms with van der Waals surface area (Å²) in [5.74, 6) is -1.45. The standard InChI is InChI=1S/C24H34N4O5S/c1-25-11-12-27-22(31)17-6-2-5-16(15-17)19-8-3-13-28(19)24(33)21(30)20(29)23(32)26-10-9-18-7-4-14-34-18/h2,4-7,14-15,19-22,25,27,29-31H,3,8-13H2,1H3,(H,26,32)/t19?,20-,21-,22?/m1/s1. The highest BCUT2D eigenvalue weighted by Gasteiger charge is 2.38. The van der Waals surface area contributed by atoms with E-state index >= 15 is 0 Å². The number of likely N-dealkylation sites (tertiary alicyclic amines) is 1. The lowest BCUT2D eigenvalue weighted by molar-refractivity contribution is -0.153. The Labute approximate surface area is 203 Å². The van der Waals surface area contributed by atoms with Crippen LogP contribution in [0.1, 0.15) is 41.1 Å².